The molecule has 0 unspecified atom stereocenters. The van der Waals surface area contributed by atoms with Gasteiger partial charge in [-0.2, -0.15) is 0 Å². The zero-order valence-electron chi connectivity index (χ0n) is 33.2. The number of phosphoric acid groups is 1. The molecule has 288 valence electrons. The zero-order chi connectivity index (χ0) is 38.2. The molecule has 5 atom stereocenters. The van der Waals surface area contributed by atoms with Crippen LogP contribution in [-0.2, 0) is 55.9 Å². The first-order chi connectivity index (χ1) is 22.1. The molecule has 0 aliphatic carbocycles. The minimum absolute atomic E-state index is 0.0746. The fourth-order valence-corrected chi connectivity index (χ4v) is 6.11. The summed E-state index contributed by atoms with van der Waals surface area (Å²) in [6, 6.07) is 0. The van der Waals surface area contributed by atoms with Crippen LogP contribution in [0.4, 0.5) is 0 Å². The Hall–Kier alpha value is -1.34. The molecule has 1 aliphatic rings. The van der Waals surface area contributed by atoms with E-state index < -0.39 is 81.0 Å². The summed E-state index contributed by atoms with van der Waals surface area (Å²) in [6.07, 6.45) is -4.34. The largest absolute Gasteiger partial charge is 0.477 e. The number of carbonyl (C=O) groups excluding carboxylic acids is 3. The first-order valence-corrected chi connectivity index (χ1v) is 22.0. The minimum Gasteiger partial charge on any atom is -0.455 e. The Bertz CT molecular complexity index is 1120. The van der Waals surface area contributed by atoms with E-state index in [0.717, 1.165) is 12.8 Å². The highest BCUT2D eigenvalue weighted by molar-refractivity contribution is 7.48. The van der Waals surface area contributed by atoms with Gasteiger partial charge in [0.15, 0.2) is 26.6 Å². The van der Waals surface area contributed by atoms with Crippen molar-refractivity contribution in [1.82, 2.24) is 0 Å². The normalized spacial score (nSPS) is 22.8. The number of hydrogen-bond donors (Lipinski definition) is 0. The van der Waals surface area contributed by atoms with Crippen molar-refractivity contribution in [2.75, 3.05) is 19.8 Å². The summed E-state index contributed by atoms with van der Waals surface area (Å²) in [5, 5.41) is -0.187. The lowest BCUT2D eigenvalue weighted by Gasteiger charge is -2.47. The monoisotopic (exact) mass is 738 g/mol. The number of phosphoric ester groups is 1. The molecule has 0 saturated carbocycles. The third-order valence-electron chi connectivity index (χ3n) is 8.30. The van der Waals surface area contributed by atoms with Gasteiger partial charge in [0.25, 0.3) is 0 Å². The molecule has 0 aromatic heterocycles. The Morgan fingerprint density at radius 3 is 1.41 bits per heavy atom. The van der Waals surface area contributed by atoms with Crippen molar-refractivity contribution >= 4 is 34.0 Å². The number of rotatable bonds is 16. The van der Waals surface area contributed by atoms with Crippen molar-refractivity contribution in [3.63, 3.8) is 0 Å². The van der Waals surface area contributed by atoms with E-state index in [0.29, 0.717) is 12.8 Å². The van der Waals surface area contributed by atoms with E-state index in [2.05, 4.69) is 33.9 Å². The molecule has 1 rings (SSSR count). The number of unbranched alkanes of at least 4 members (excludes halogenated alkanes) is 2. The van der Waals surface area contributed by atoms with Gasteiger partial charge in [0.1, 0.15) is 6.10 Å². The van der Waals surface area contributed by atoms with Gasteiger partial charge in [-0.25, -0.2) is 4.57 Å². The average molecular weight is 739 g/mol. The maximum absolute atomic E-state index is 14.2. The van der Waals surface area contributed by atoms with Gasteiger partial charge in [0.05, 0.1) is 36.1 Å². The van der Waals surface area contributed by atoms with Crippen LogP contribution in [0.5, 0.6) is 0 Å². The highest BCUT2D eigenvalue weighted by atomic mass is 31.2. The second-order valence-electron chi connectivity index (χ2n) is 17.4. The van der Waals surface area contributed by atoms with Gasteiger partial charge in [-0.1, -0.05) is 47.5 Å². The molecule has 1 aliphatic heterocycles. The van der Waals surface area contributed by atoms with E-state index in [4.69, 9.17) is 36.9 Å². The molecule has 49 heavy (non-hydrogen) atoms. The molecule has 1 heterocycles. The van der Waals surface area contributed by atoms with Crippen LogP contribution in [0.2, 0.25) is 18.1 Å². The summed E-state index contributed by atoms with van der Waals surface area (Å²) in [6.45, 7) is 29.4. The highest BCUT2D eigenvalue weighted by Gasteiger charge is 2.57. The molecule has 0 radical (unpaired) electrons. The Morgan fingerprint density at radius 1 is 0.653 bits per heavy atom. The van der Waals surface area contributed by atoms with Crippen molar-refractivity contribution in [3.05, 3.63) is 0 Å². The lowest BCUT2D eigenvalue weighted by Crippen LogP contribution is -2.64. The maximum Gasteiger partial charge on any atom is 0.477 e. The van der Waals surface area contributed by atoms with Crippen LogP contribution >= 0.6 is 7.82 Å². The van der Waals surface area contributed by atoms with Crippen LogP contribution in [0.15, 0.2) is 0 Å². The standard InChI is InChI=1S/C35H67O12PSi/c1-17-19-21-40-48(39,41-22-20-18-2)47-28-27(46-31(38)34(9,10)11)26(45-30(37)33(6,7)8)25(44-29(36)32(3,4)5)24(43-28)23-42-49(15,16)35(12,13)14/h24-28H,17-23H2,1-16H3/t24-,25-,26+,27-,28+/m1/s1. The first kappa shape index (κ1) is 45.7. The van der Waals surface area contributed by atoms with Gasteiger partial charge < -0.3 is 23.4 Å². The smallest absolute Gasteiger partial charge is 0.455 e. The topological polar surface area (TPSA) is 142 Å². The summed E-state index contributed by atoms with van der Waals surface area (Å²) in [5.74, 6) is -1.94. The molecular formula is C35H67O12PSi. The molecule has 0 aromatic carbocycles. The van der Waals surface area contributed by atoms with Crippen LogP contribution < -0.4 is 0 Å². The molecule has 0 spiro atoms. The van der Waals surface area contributed by atoms with Crippen molar-refractivity contribution in [1.29, 1.82) is 0 Å². The minimum atomic E-state index is -4.34. The van der Waals surface area contributed by atoms with E-state index >= 15 is 0 Å². The molecule has 0 bridgehead atoms. The van der Waals surface area contributed by atoms with Crippen LogP contribution in [0.1, 0.15) is 123 Å². The molecule has 1 saturated heterocycles. The number of ether oxygens (including phenoxy) is 4. The van der Waals surface area contributed by atoms with Crippen molar-refractivity contribution < 1.29 is 55.9 Å². The fourth-order valence-electron chi connectivity index (χ4n) is 3.77. The Labute approximate surface area is 297 Å². The second-order valence-corrected chi connectivity index (χ2v) is 23.8. The molecule has 0 aromatic rings. The number of hydrogen-bond acceptors (Lipinski definition) is 12. The van der Waals surface area contributed by atoms with Crippen LogP contribution in [0, 0.1) is 16.2 Å². The van der Waals surface area contributed by atoms with E-state index in [1.165, 1.54) is 0 Å². The summed E-state index contributed by atoms with van der Waals surface area (Å²) >= 11 is 0. The molecule has 0 amide bonds. The Kier molecular flexibility index (Phi) is 16.7. The lowest BCUT2D eigenvalue weighted by atomic mass is 9.93. The molecule has 1 fully saturated rings. The van der Waals surface area contributed by atoms with Crippen LogP contribution in [-0.4, -0.2) is 76.8 Å². The van der Waals surface area contributed by atoms with E-state index in [9.17, 15) is 18.9 Å². The third-order valence-corrected chi connectivity index (χ3v) is 14.3. The van der Waals surface area contributed by atoms with E-state index in [1.807, 2.05) is 13.8 Å². The van der Waals surface area contributed by atoms with Gasteiger partial charge in [-0.05, 0) is 93.3 Å². The van der Waals surface area contributed by atoms with Gasteiger partial charge in [-0.15, -0.1) is 0 Å². The molecule has 0 N–H and O–H groups in total. The Balaban J connectivity index is 3.97. The first-order valence-electron chi connectivity index (χ1n) is 17.6. The van der Waals surface area contributed by atoms with Gasteiger partial charge >= 0.3 is 25.7 Å². The molecule has 12 nitrogen and oxygen atoms in total. The SMILES string of the molecule is CCCCOP(=O)(OCCCC)O[C@@H]1O[C@H](CO[Si](C)(C)C(C)(C)C)[C@@H](OC(=O)C(C)(C)C)[C@H](OC(=O)C(C)(C)C)[C@H]1OC(=O)C(C)(C)C. The number of carbonyl (C=O) groups is 3. The van der Waals surface area contributed by atoms with Gasteiger partial charge in [-0.3, -0.25) is 28.0 Å². The summed E-state index contributed by atoms with van der Waals surface area (Å²) < 4.78 is 62.9. The lowest BCUT2D eigenvalue weighted by molar-refractivity contribution is -0.295. The average Bonchev–Trinajstić information content (AvgIpc) is 2.93. The van der Waals surface area contributed by atoms with Crippen molar-refractivity contribution in [3.8, 4) is 0 Å². The number of esters is 3. The zero-order valence-corrected chi connectivity index (χ0v) is 35.1. The third kappa shape index (κ3) is 14.3. The summed E-state index contributed by atoms with van der Waals surface area (Å²) in [5.41, 5.74) is -2.97. The quantitative estimate of drug-likeness (QED) is 0.0494. The maximum atomic E-state index is 14.2. The van der Waals surface area contributed by atoms with Gasteiger partial charge in [0.2, 0.25) is 6.29 Å². The van der Waals surface area contributed by atoms with Gasteiger partial charge in [0, 0.05) is 0 Å². The van der Waals surface area contributed by atoms with Crippen LogP contribution in [0.3, 0.4) is 0 Å². The summed E-state index contributed by atoms with van der Waals surface area (Å²) in [7, 11) is -6.76. The van der Waals surface area contributed by atoms with Crippen molar-refractivity contribution in [2.24, 2.45) is 16.2 Å². The second kappa shape index (κ2) is 17.9. The highest BCUT2D eigenvalue weighted by Crippen LogP contribution is 2.53. The summed E-state index contributed by atoms with van der Waals surface area (Å²) in [4.78, 5) is 40.6. The van der Waals surface area contributed by atoms with Crippen molar-refractivity contribution in [2.45, 2.75) is 171 Å². The van der Waals surface area contributed by atoms with Crippen LogP contribution in [0.25, 0.3) is 0 Å². The predicted octanol–water partition coefficient (Wildman–Crippen LogP) is 8.36. The predicted molar refractivity (Wildman–Crippen MR) is 190 cm³/mol. The molecular weight excluding hydrogens is 671 g/mol. The van der Waals surface area contributed by atoms with E-state index in [1.54, 1.807) is 62.3 Å². The Morgan fingerprint density at radius 2 is 1.04 bits per heavy atom. The molecule has 14 heteroatoms. The van der Waals surface area contributed by atoms with E-state index in [-0.39, 0.29) is 24.9 Å². The fraction of sp³-hybridized carbons (Fsp3) is 0.914.